The van der Waals surface area contributed by atoms with Crippen molar-refractivity contribution in [1.82, 2.24) is 5.32 Å². The Morgan fingerprint density at radius 2 is 2.04 bits per heavy atom. The van der Waals surface area contributed by atoms with Gasteiger partial charge >= 0.3 is 0 Å². The van der Waals surface area contributed by atoms with Crippen molar-refractivity contribution in [3.8, 4) is 5.75 Å². The molecule has 1 atom stereocenters. The summed E-state index contributed by atoms with van der Waals surface area (Å²) in [6.07, 6.45) is 2.84. The monoisotopic (exact) mass is 343 g/mol. The number of rotatable bonds is 5. The first-order valence-corrected chi connectivity index (χ1v) is 8.71. The van der Waals surface area contributed by atoms with Crippen molar-refractivity contribution in [3.05, 3.63) is 64.2 Å². The third-order valence-corrected chi connectivity index (χ3v) is 4.90. The minimum Gasteiger partial charge on any atom is -0.495 e. The molecule has 0 aliphatic carbocycles. The molecule has 126 valence electrons. The van der Waals surface area contributed by atoms with E-state index in [1.165, 1.54) is 18.4 Å². The Bertz CT molecular complexity index is 706. The Hall–Kier alpha value is -1.84. The molecule has 0 spiro atoms. The minimum absolute atomic E-state index is 0.0667. The maximum atomic E-state index is 12.5. The summed E-state index contributed by atoms with van der Waals surface area (Å²) >= 11 is 6.01. The van der Waals surface area contributed by atoms with E-state index in [1.807, 2.05) is 0 Å². The summed E-state index contributed by atoms with van der Waals surface area (Å²) in [5.41, 5.74) is 3.00. The molecule has 1 N–H and O–H groups in total. The molecule has 0 bridgehead atoms. The average molecular weight is 344 g/mol. The number of ketones is 1. The fraction of sp³-hybridized carbons (Fsp3) is 0.350. The summed E-state index contributed by atoms with van der Waals surface area (Å²) < 4.78 is 5.18. The van der Waals surface area contributed by atoms with Crippen LogP contribution in [-0.2, 0) is 6.42 Å². The lowest BCUT2D eigenvalue weighted by Gasteiger charge is -2.23. The van der Waals surface area contributed by atoms with Gasteiger partial charge in [0, 0.05) is 18.5 Å². The molecule has 0 aromatic heterocycles. The van der Waals surface area contributed by atoms with Gasteiger partial charge in [0.15, 0.2) is 5.78 Å². The third kappa shape index (κ3) is 3.97. The predicted molar refractivity (Wildman–Crippen MR) is 97.3 cm³/mol. The van der Waals surface area contributed by atoms with E-state index in [-0.39, 0.29) is 5.78 Å². The van der Waals surface area contributed by atoms with Crippen LogP contribution in [-0.4, -0.2) is 26.0 Å². The van der Waals surface area contributed by atoms with E-state index in [0.717, 1.165) is 18.7 Å². The molecule has 0 unspecified atom stereocenters. The van der Waals surface area contributed by atoms with Crippen LogP contribution in [0.4, 0.5) is 0 Å². The largest absolute Gasteiger partial charge is 0.495 e. The molecule has 24 heavy (non-hydrogen) atoms. The Balaban J connectivity index is 1.68. The molecule has 1 aliphatic rings. The van der Waals surface area contributed by atoms with Crippen LogP contribution in [0.5, 0.6) is 5.75 Å². The number of carbonyl (C=O) groups is 1. The van der Waals surface area contributed by atoms with Gasteiger partial charge < -0.3 is 10.1 Å². The van der Waals surface area contributed by atoms with Crippen LogP contribution in [0.15, 0.2) is 42.5 Å². The topological polar surface area (TPSA) is 38.3 Å². The summed E-state index contributed by atoms with van der Waals surface area (Å²) in [4.78, 5) is 12.5. The van der Waals surface area contributed by atoms with Crippen molar-refractivity contribution in [2.45, 2.75) is 25.2 Å². The third-order valence-electron chi connectivity index (χ3n) is 4.59. The highest BCUT2D eigenvalue weighted by molar-refractivity contribution is 6.32. The SMILES string of the molecule is COc1cc(C(=O)Cc2ccc([C@@H]3CCCNC3)cc2)ccc1Cl. The summed E-state index contributed by atoms with van der Waals surface area (Å²) in [5, 5.41) is 3.95. The molecule has 3 nitrogen and oxygen atoms in total. The normalized spacial score (nSPS) is 17.5. The molecule has 2 aromatic carbocycles. The fourth-order valence-corrected chi connectivity index (χ4v) is 3.36. The average Bonchev–Trinajstić information content (AvgIpc) is 2.63. The second-order valence-electron chi connectivity index (χ2n) is 6.23. The Labute approximate surface area is 148 Å². The first kappa shape index (κ1) is 17.0. The zero-order chi connectivity index (χ0) is 16.9. The van der Waals surface area contributed by atoms with Crippen LogP contribution in [0.3, 0.4) is 0 Å². The summed E-state index contributed by atoms with van der Waals surface area (Å²) in [5.74, 6) is 1.18. The summed E-state index contributed by atoms with van der Waals surface area (Å²) in [6.45, 7) is 2.16. The van der Waals surface area contributed by atoms with Crippen molar-refractivity contribution in [3.63, 3.8) is 0 Å². The second-order valence-corrected chi connectivity index (χ2v) is 6.64. The lowest BCUT2D eigenvalue weighted by Crippen LogP contribution is -2.28. The first-order valence-electron chi connectivity index (χ1n) is 8.33. The molecule has 3 rings (SSSR count). The van der Waals surface area contributed by atoms with E-state index >= 15 is 0 Å². The molecule has 1 saturated heterocycles. The number of nitrogens with one attached hydrogen (secondary N) is 1. The minimum atomic E-state index is 0.0667. The number of benzene rings is 2. The zero-order valence-electron chi connectivity index (χ0n) is 13.8. The van der Waals surface area contributed by atoms with E-state index in [9.17, 15) is 4.79 Å². The van der Waals surface area contributed by atoms with E-state index in [4.69, 9.17) is 16.3 Å². The number of methoxy groups -OCH3 is 1. The molecule has 0 saturated carbocycles. The molecular weight excluding hydrogens is 322 g/mol. The highest BCUT2D eigenvalue weighted by Gasteiger charge is 2.15. The number of carbonyl (C=O) groups excluding carboxylic acids is 1. The Morgan fingerprint density at radius 1 is 1.25 bits per heavy atom. The first-order chi connectivity index (χ1) is 11.7. The van der Waals surface area contributed by atoms with Crippen LogP contribution >= 0.6 is 11.6 Å². The van der Waals surface area contributed by atoms with Crippen LogP contribution in [0.25, 0.3) is 0 Å². The van der Waals surface area contributed by atoms with Gasteiger partial charge in [-0.25, -0.2) is 0 Å². The molecular formula is C20H22ClNO2. The van der Waals surface area contributed by atoms with E-state index in [2.05, 4.69) is 29.6 Å². The number of ether oxygens (including phenoxy) is 1. The number of piperidine rings is 1. The van der Waals surface area contributed by atoms with Crippen molar-refractivity contribution in [2.24, 2.45) is 0 Å². The molecule has 1 heterocycles. The van der Waals surface area contributed by atoms with Crippen LogP contribution in [0.2, 0.25) is 5.02 Å². The van der Waals surface area contributed by atoms with Crippen LogP contribution < -0.4 is 10.1 Å². The molecule has 0 radical (unpaired) electrons. The quantitative estimate of drug-likeness (QED) is 0.825. The van der Waals surface area contributed by atoms with Gasteiger partial charge in [0.05, 0.1) is 12.1 Å². The lowest BCUT2D eigenvalue weighted by atomic mass is 9.90. The Morgan fingerprint density at radius 3 is 2.71 bits per heavy atom. The highest BCUT2D eigenvalue weighted by atomic mass is 35.5. The molecule has 1 aliphatic heterocycles. The second kappa shape index (κ2) is 7.82. The van der Waals surface area contributed by atoms with Gasteiger partial charge in [0.2, 0.25) is 0 Å². The standard InChI is InChI=1S/C20H22ClNO2/c1-24-20-12-16(8-9-18(20)21)19(23)11-14-4-6-15(7-5-14)17-3-2-10-22-13-17/h4-9,12,17,22H,2-3,10-11,13H2,1H3/t17-/m1/s1. The van der Waals surface area contributed by atoms with Crippen molar-refractivity contribution in [2.75, 3.05) is 20.2 Å². The molecule has 2 aromatic rings. The maximum absolute atomic E-state index is 12.5. The summed E-state index contributed by atoms with van der Waals surface area (Å²) in [7, 11) is 1.55. The van der Waals surface area contributed by atoms with Crippen molar-refractivity contribution >= 4 is 17.4 Å². The predicted octanol–water partition coefficient (Wildman–Crippen LogP) is 4.24. The lowest BCUT2D eigenvalue weighted by molar-refractivity contribution is 0.0992. The van der Waals surface area contributed by atoms with Crippen molar-refractivity contribution < 1.29 is 9.53 Å². The van der Waals surface area contributed by atoms with Gasteiger partial charge in [-0.3, -0.25) is 4.79 Å². The van der Waals surface area contributed by atoms with Crippen LogP contribution in [0.1, 0.15) is 40.2 Å². The highest BCUT2D eigenvalue weighted by Crippen LogP contribution is 2.26. The van der Waals surface area contributed by atoms with Gasteiger partial charge in [0.1, 0.15) is 5.75 Å². The van der Waals surface area contributed by atoms with E-state index in [1.54, 1.807) is 25.3 Å². The molecule has 0 amide bonds. The zero-order valence-corrected chi connectivity index (χ0v) is 14.6. The van der Waals surface area contributed by atoms with Gasteiger partial charge in [-0.2, -0.15) is 0 Å². The smallest absolute Gasteiger partial charge is 0.167 e. The van der Waals surface area contributed by atoms with Crippen LogP contribution in [0, 0.1) is 0 Å². The van der Waals surface area contributed by atoms with Crippen molar-refractivity contribution in [1.29, 1.82) is 0 Å². The molecule has 4 heteroatoms. The Kier molecular flexibility index (Phi) is 5.54. The van der Waals surface area contributed by atoms with Gasteiger partial charge in [-0.1, -0.05) is 35.9 Å². The van der Waals surface area contributed by atoms with Gasteiger partial charge in [0.25, 0.3) is 0 Å². The van der Waals surface area contributed by atoms with E-state index < -0.39 is 0 Å². The van der Waals surface area contributed by atoms with Gasteiger partial charge in [-0.05, 0) is 54.6 Å². The number of hydrogen-bond acceptors (Lipinski definition) is 3. The number of halogens is 1. The number of hydrogen-bond donors (Lipinski definition) is 1. The fourth-order valence-electron chi connectivity index (χ4n) is 3.16. The maximum Gasteiger partial charge on any atom is 0.167 e. The van der Waals surface area contributed by atoms with E-state index in [0.29, 0.717) is 28.7 Å². The summed E-state index contributed by atoms with van der Waals surface area (Å²) in [6, 6.07) is 13.6. The van der Waals surface area contributed by atoms with Gasteiger partial charge in [-0.15, -0.1) is 0 Å². The molecule has 1 fully saturated rings. The number of Topliss-reactive ketones (excluding diaryl/α,β-unsaturated/α-hetero) is 1.